The zero-order valence-electron chi connectivity index (χ0n) is 11.6. The van der Waals surface area contributed by atoms with E-state index in [0.717, 1.165) is 17.9 Å². The van der Waals surface area contributed by atoms with Crippen LogP contribution in [0.5, 0.6) is 0 Å². The zero-order valence-corrected chi connectivity index (χ0v) is 13.2. The number of thioether (sulfide) groups is 2. The highest BCUT2D eigenvalue weighted by Gasteiger charge is 2.24. The van der Waals surface area contributed by atoms with Crippen LogP contribution in [0.25, 0.3) is 0 Å². The molecule has 4 heteroatoms. The van der Waals surface area contributed by atoms with Gasteiger partial charge in [-0.1, -0.05) is 31.2 Å². The summed E-state index contributed by atoms with van der Waals surface area (Å²) in [7, 11) is 1.91. The summed E-state index contributed by atoms with van der Waals surface area (Å²) in [4.78, 5) is 14.2. The predicted octanol–water partition coefficient (Wildman–Crippen LogP) is 3.06. The lowest BCUT2D eigenvalue weighted by atomic mass is 10.1. The summed E-state index contributed by atoms with van der Waals surface area (Å²) < 4.78 is 0. The van der Waals surface area contributed by atoms with E-state index in [9.17, 15) is 4.79 Å². The van der Waals surface area contributed by atoms with Crippen molar-refractivity contribution in [1.82, 2.24) is 4.90 Å². The van der Waals surface area contributed by atoms with Crippen LogP contribution in [0.4, 0.5) is 0 Å². The van der Waals surface area contributed by atoms with Gasteiger partial charge in [0.1, 0.15) is 0 Å². The molecule has 0 spiro atoms. The largest absolute Gasteiger partial charge is 0.340 e. The molecule has 0 saturated carbocycles. The molecule has 104 valence electrons. The maximum atomic E-state index is 12.3. The third-order valence-electron chi connectivity index (χ3n) is 3.32. The van der Waals surface area contributed by atoms with Gasteiger partial charge in [0, 0.05) is 30.9 Å². The van der Waals surface area contributed by atoms with Gasteiger partial charge in [0.15, 0.2) is 0 Å². The lowest BCUT2D eigenvalue weighted by molar-refractivity contribution is -0.129. The van der Waals surface area contributed by atoms with Crippen molar-refractivity contribution in [3.05, 3.63) is 35.4 Å². The van der Waals surface area contributed by atoms with Gasteiger partial charge in [-0.2, -0.15) is 11.8 Å². The van der Waals surface area contributed by atoms with Gasteiger partial charge in [-0.25, -0.2) is 0 Å². The van der Waals surface area contributed by atoms with E-state index in [-0.39, 0.29) is 11.2 Å². The van der Waals surface area contributed by atoms with E-state index in [4.69, 9.17) is 0 Å². The van der Waals surface area contributed by atoms with Gasteiger partial charge in [0.05, 0.1) is 5.25 Å². The lowest BCUT2D eigenvalue weighted by Crippen LogP contribution is -2.37. The fourth-order valence-corrected chi connectivity index (χ4v) is 4.77. The molecule has 0 aromatic heterocycles. The van der Waals surface area contributed by atoms with Crippen molar-refractivity contribution >= 4 is 29.4 Å². The van der Waals surface area contributed by atoms with Crippen molar-refractivity contribution in [2.45, 2.75) is 25.1 Å². The smallest absolute Gasteiger partial charge is 0.236 e. The molecule has 1 fully saturated rings. The first kappa shape index (κ1) is 14.8. The van der Waals surface area contributed by atoms with Crippen LogP contribution >= 0.6 is 23.5 Å². The summed E-state index contributed by atoms with van der Waals surface area (Å²) in [6.07, 6.45) is 1.06. The van der Waals surface area contributed by atoms with Gasteiger partial charge < -0.3 is 4.90 Å². The first-order chi connectivity index (χ1) is 9.20. The minimum atomic E-state index is 0.152. The normalized spacial score (nSPS) is 19.2. The standard InChI is InChI=1S/C15H21NOS2/c1-3-12-4-6-13(7-5-12)10-16(2)15(17)14-11-18-8-9-19-14/h4-7,14H,3,8-11H2,1-2H3. The number of carbonyl (C=O) groups is 1. The second-order valence-electron chi connectivity index (χ2n) is 4.80. The van der Waals surface area contributed by atoms with Crippen LogP contribution in [0.3, 0.4) is 0 Å². The molecular formula is C15H21NOS2. The molecular weight excluding hydrogens is 274 g/mol. The number of nitrogens with zero attached hydrogens (tertiary/aromatic N) is 1. The summed E-state index contributed by atoms with van der Waals surface area (Å²) in [6, 6.07) is 8.56. The molecule has 1 unspecified atom stereocenters. The number of amides is 1. The van der Waals surface area contributed by atoms with E-state index in [1.807, 2.05) is 23.7 Å². The van der Waals surface area contributed by atoms with E-state index in [1.54, 1.807) is 11.8 Å². The van der Waals surface area contributed by atoms with E-state index in [0.29, 0.717) is 6.54 Å². The Bertz CT molecular complexity index is 413. The van der Waals surface area contributed by atoms with Gasteiger partial charge in [-0.3, -0.25) is 4.79 Å². The highest BCUT2D eigenvalue weighted by atomic mass is 32.2. The molecule has 1 heterocycles. The molecule has 1 aromatic rings. The Kier molecular flexibility index (Phi) is 5.64. The van der Waals surface area contributed by atoms with Gasteiger partial charge in [-0.15, -0.1) is 11.8 Å². The number of benzene rings is 1. The van der Waals surface area contributed by atoms with Crippen LogP contribution in [0, 0.1) is 0 Å². The minimum absolute atomic E-state index is 0.152. The maximum Gasteiger partial charge on any atom is 0.236 e. The number of hydrogen-bond acceptors (Lipinski definition) is 3. The summed E-state index contributed by atoms with van der Waals surface area (Å²) in [6.45, 7) is 2.87. The molecule has 0 radical (unpaired) electrons. The molecule has 1 saturated heterocycles. The number of hydrogen-bond donors (Lipinski definition) is 0. The molecule has 2 rings (SSSR count). The van der Waals surface area contributed by atoms with Gasteiger partial charge in [0.25, 0.3) is 0 Å². The fourth-order valence-electron chi connectivity index (χ4n) is 2.11. The van der Waals surface area contributed by atoms with Crippen LogP contribution in [-0.4, -0.2) is 40.4 Å². The Morgan fingerprint density at radius 3 is 2.53 bits per heavy atom. The van der Waals surface area contributed by atoms with Crippen LogP contribution in [0.1, 0.15) is 18.1 Å². The maximum absolute atomic E-state index is 12.3. The van der Waals surface area contributed by atoms with E-state index in [1.165, 1.54) is 16.9 Å². The molecule has 1 aliphatic heterocycles. The van der Waals surface area contributed by atoms with Gasteiger partial charge in [-0.05, 0) is 17.5 Å². The van der Waals surface area contributed by atoms with Crippen molar-refractivity contribution in [3.8, 4) is 0 Å². The van der Waals surface area contributed by atoms with Crippen molar-refractivity contribution in [1.29, 1.82) is 0 Å². The number of rotatable bonds is 4. The van der Waals surface area contributed by atoms with Crippen molar-refractivity contribution in [2.75, 3.05) is 24.3 Å². The quantitative estimate of drug-likeness (QED) is 0.851. The van der Waals surface area contributed by atoms with Crippen molar-refractivity contribution < 1.29 is 4.79 Å². The van der Waals surface area contributed by atoms with E-state index < -0.39 is 0 Å². The Labute approximate surface area is 124 Å². The van der Waals surface area contributed by atoms with Crippen LogP contribution in [-0.2, 0) is 17.8 Å². The summed E-state index contributed by atoms with van der Waals surface area (Å²) >= 11 is 3.70. The van der Waals surface area contributed by atoms with E-state index >= 15 is 0 Å². The first-order valence-corrected chi connectivity index (χ1v) is 8.93. The lowest BCUT2D eigenvalue weighted by Gasteiger charge is -2.26. The topological polar surface area (TPSA) is 20.3 Å². The number of aryl methyl sites for hydroxylation is 1. The first-order valence-electron chi connectivity index (χ1n) is 6.73. The molecule has 0 bridgehead atoms. The minimum Gasteiger partial charge on any atom is -0.340 e. The summed E-state index contributed by atoms with van der Waals surface area (Å²) in [5, 5.41) is 0.152. The van der Waals surface area contributed by atoms with Crippen molar-refractivity contribution in [3.63, 3.8) is 0 Å². The van der Waals surface area contributed by atoms with Crippen LogP contribution in [0.15, 0.2) is 24.3 Å². The Morgan fingerprint density at radius 1 is 1.26 bits per heavy atom. The molecule has 1 aromatic carbocycles. The summed E-state index contributed by atoms with van der Waals surface area (Å²) in [5.74, 6) is 3.51. The predicted molar refractivity (Wildman–Crippen MR) is 85.9 cm³/mol. The Balaban J connectivity index is 1.91. The zero-order chi connectivity index (χ0) is 13.7. The molecule has 2 nitrogen and oxygen atoms in total. The average Bonchev–Trinajstić information content (AvgIpc) is 2.48. The third-order valence-corrected chi connectivity index (χ3v) is 6.06. The third kappa shape index (κ3) is 4.18. The van der Waals surface area contributed by atoms with Gasteiger partial charge in [0.2, 0.25) is 5.91 Å². The highest BCUT2D eigenvalue weighted by Crippen LogP contribution is 2.25. The van der Waals surface area contributed by atoms with Crippen LogP contribution < -0.4 is 0 Å². The second kappa shape index (κ2) is 7.25. The average molecular weight is 295 g/mol. The van der Waals surface area contributed by atoms with Crippen molar-refractivity contribution in [2.24, 2.45) is 0 Å². The summed E-state index contributed by atoms with van der Waals surface area (Å²) in [5.41, 5.74) is 2.55. The molecule has 0 N–H and O–H groups in total. The molecule has 1 atom stereocenters. The molecule has 1 amide bonds. The monoisotopic (exact) mass is 295 g/mol. The SMILES string of the molecule is CCc1ccc(CN(C)C(=O)C2CSCCS2)cc1. The Hall–Kier alpha value is -0.610. The molecule has 1 aliphatic rings. The number of carbonyl (C=O) groups excluding carboxylic acids is 1. The molecule has 19 heavy (non-hydrogen) atoms. The fraction of sp³-hybridized carbons (Fsp3) is 0.533. The van der Waals surface area contributed by atoms with Crippen LogP contribution in [0.2, 0.25) is 0 Å². The Morgan fingerprint density at radius 2 is 1.95 bits per heavy atom. The van der Waals surface area contributed by atoms with E-state index in [2.05, 4.69) is 31.2 Å². The highest BCUT2D eigenvalue weighted by molar-refractivity contribution is 8.07. The van der Waals surface area contributed by atoms with Gasteiger partial charge >= 0.3 is 0 Å². The molecule has 0 aliphatic carbocycles. The second-order valence-corrected chi connectivity index (χ2v) is 7.26.